The van der Waals surface area contributed by atoms with Gasteiger partial charge in [0.15, 0.2) is 11.6 Å². The molecule has 2 heterocycles. The van der Waals surface area contributed by atoms with Crippen molar-refractivity contribution in [1.29, 1.82) is 0 Å². The monoisotopic (exact) mass is 471 g/mol. The molecule has 174 valence electrons. The number of alkyl halides is 3. The number of ether oxygens (including phenoxy) is 2. The van der Waals surface area contributed by atoms with Crippen molar-refractivity contribution in [2.75, 3.05) is 17.9 Å². The predicted octanol–water partition coefficient (Wildman–Crippen LogP) is 4.22. The molecule has 13 heteroatoms. The highest BCUT2D eigenvalue weighted by Gasteiger charge is 2.30. The van der Waals surface area contributed by atoms with E-state index in [9.17, 15) is 18.3 Å². The van der Waals surface area contributed by atoms with Crippen molar-refractivity contribution in [2.45, 2.75) is 6.36 Å². The number of phenolic OH excluding ortho intramolecular Hbond substituents is 1. The van der Waals surface area contributed by atoms with Crippen LogP contribution in [0.15, 0.2) is 60.2 Å². The minimum Gasteiger partial charge on any atom is -0.507 e. The van der Waals surface area contributed by atoms with Gasteiger partial charge in [-0.25, -0.2) is 19.9 Å². The van der Waals surface area contributed by atoms with Crippen LogP contribution >= 0.6 is 0 Å². The zero-order chi connectivity index (χ0) is 24.1. The number of hydrazone groups is 1. The van der Waals surface area contributed by atoms with E-state index in [0.717, 1.165) is 0 Å². The Bertz CT molecular complexity index is 1330. The van der Waals surface area contributed by atoms with E-state index >= 15 is 0 Å². The van der Waals surface area contributed by atoms with Gasteiger partial charge in [-0.15, -0.1) is 13.2 Å². The molecule has 0 radical (unpaired) electrons. The average molecular weight is 471 g/mol. The van der Waals surface area contributed by atoms with Gasteiger partial charge >= 0.3 is 6.36 Å². The van der Waals surface area contributed by atoms with Gasteiger partial charge in [0.05, 0.1) is 13.3 Å². The van der Waals surface area contributed by atoms with Crippen LogP contribution in [-0.2, 0) is 0 Å². The van der Waals surface area contributed by atoms with Gasteiger partial charge in [0.25, 0.3) is 0 Å². The fourth-order valence-corrected chi connectivity index (χ4v) is 2.85. The number of rotatable bonds is 7. The number of hydrogen-bond acceptors (Lipinski definition) is 10. The van der Waals surface area contributed by atoms with Gasteiger partial charge in [-0.2, -0.15) is 5.10 Å². The smallest absolute Gasteiger partial charge is 0.507 e. The summed E-state index contributed by atoms with van der Waals surface area (Å²) in [6.07, 6.45) is -0.820. The molecule has 0 saturated heterocycles. The van der Waals surface area contributed by atoms with Crippen molar-refractivity contribution in [2.24, 2.45) is 5.10 Å². The standard InChI is InChI=1S/C21H16F3N7O3/c1-33-15-5-2-12(16(32)8-15)9-29-31-20-18-17(25-11-28-20)19(27-10-26-18)30-13-3-6-14(7-4-13)34-21(22,23)24/h2-11,32H,1H3,(H,25,28,31)(H,26,27,30)/b29-9+. The summed E-state index contributed by atoms with van der Waals surface area (Å²) in [7, 11) is 1.49. The molecule has 0 aliphatic carbocycles. The third-order valence-electron chi connectivity index (χ3n) is 4.38. The lowest BCUT2D eigenvalue weighted by atomic mass is 10.2. The Kier molecular flexibility index (Phi) is 6.25. The van der Waals surface area contributed by atoms with Crippen LogP contribution in [0, 0.1) is 0 Å². The van der Waals surface area contributed by atoms with Crippen molar-refractivity contribution in [3.63, 3.8) is 0 Å². The quantitative estimate of drug-likeness (QED) is 0.268. The zero-order valence-electron chi connectivity index (χ0n) is 17.4. The molecule has 0 bridgehead atoms. The van der Waals surface area contributed by atoms with Gasteiger partial charge in [-0.3, -0.25) is 5.43 Å². The molecular formula is C21H16F3N7O3. The van der Waals surface area contributed by atoms with Crippen molar-refractivity contribution in [1.82, 2.24) is 19.9 Å². The third-order valence-corrected chi connectivity index (χ3v) is 4.38. The van der Waals surface area contributed by atoms with Gasteiger partial charge < -0.3 is 19.9 Å². The van der Waals surface area contributed by atoms with Gasteiger partial charge in [0.2, 0.25) is 0 Å². The van der Waals surface area contributed by atoms with Crippen molar-refractivity contribution in [3.05, 3.63) is 60.7 Å². The Balaban J connectivity index is 1.53. The third kappa shape index (κ3) is 5.38. The second kappa shape index (κ2) is 9.44. The van der Waals surface area contributed by atoms with Crippen LogP contribution in [0.2, 0.25) is 0 Å². The van der Waals surface area contributed by atoms with E-state index < -0.39 is 6.36 Å². The van der Waals surface area contributed by atoms with E-state index in [1.807, 2.05) is 0 Å². The number of nitrogens with zero attached hydrogens (tertiary/aromatic N) is 5. The Labute approximate surface area is 190 Å². The highest BCUT2D eigenvalue weighted by molar-refractivity contribution is 5.93. The van der Waals surface area contributed by atoms with Crippen LogP contribution in [0.25, 0.3) is 11.0 Å². The molecule has 10 nitrogen and oxygen atoms in total. The highest BCUT2D eigenvalue weighted by atomic mass is 19.4. The maximum atomic E-state index is 12.3. The molecule has 2 aromatic heterocycles. The first-order valence-corrected chi connectivity index (χ1v) is 9.57. The van der Waals surface area contributed by atoms with Crippen LogP contribution in [0.5, 0.6) is 17.2 Å². The van der Waals surface area contributed by atoms with E-state index in [2.05, 4.69) is 40.5 Å². The Morgan fingerprint density at radius 1 is 0.912 bits per heavy atom. The lowest BCUT2D eigenvalue weighted by Gasteiger charge is -2.11. The molecule has 4 rings (SSSR count). The molecule has 0 unspecified atom stereocenters. The molecule has 0 atom stereocenters. The fraction of sp³-hybridized carbons (Fsp3) is 0.0952. The predicted molar refractivity (Wildman–Crippen MR) is 117 cm³/mol. The topological polar surface area (TPSA) is 127 Å². The maximum absolute atomic E-state index is 12.3. The van der Waals surface area contributed by atoms with Crippen molar-refractivity contribution in [3.8, 4) is 17.2 Å². The number of fused-ring (bicyclic) bond motifs is 1. The summed E-state index contributed by atoms with van der Waals surface area (Å²) in [5.41, 5.74) is 4.33. The van der Waals surface area contributed by atoms with Crippen LogP contribution in [-0.4, -0.2) is 44.7 Å². The lowest BCUT2D eigenvalue weighted by molar-refractivity contribution is -0.274. The Morgan fingerprint density at radius 3 is 2.21 bits per heavy atom. The number of nitrogens with one attached hydrogen (secondary N) is 2. The molecule has 2 aromatic carbocycles. The molecule has 4 aromatic rings. The van der Waals surface area contributed by atoms with Gasteiger partial charge in [0.1, 0.15) is 40.9 Å². The first-order chi connectivity index (χ1) is 16.3. The number of aromatic nitrogens is 4. The zero-order valence-corrected chi connectivity index (χ0v) is 17.4. The van der Waals surface area contributed by atoms with E-state index in [-0.39, 0.29) is 17.3 Å². The molecule has 34 heavy (non-hydrogen) atoms. The number of anilines is 3. The van der Waals surface area contributed by atoms with Gasteiger partial charge in [0, 0.05) is 17.3 Å². The van der Waals surface area contributed by atoms with E-state index in [1.165, 1.54) is 56.3 Å². The Morgan fingerprint density at radius 2 is 1.56 bits per heavy atom. The summed E-state index contributed by atoms with van der Waals surface area (Å²) in [6.45, 7) is 0. The lowest BCUT2D eigenvalue weighted by Crippen LogP contribution is -2.16. The van der Waals surface area contributed by atoms with Crippen molar-refractivity contribution < 1.29 is 27.8 Å². The second-order valence-electron chi connectivity index (χ2n) is 6.63. The molecule has 0 aliphatic heterocycles. The molecule has 0 spiro atoms. The van der Waals surface area contributed by atoms with Crippen LogP contribution < -0.4 is 20.2 Å². The van der Waals surface area contributed by atoms with Crippen molar-refractivity contribution >= 4 is 34.6 Å². The second-order valence-corrected chi connectivity index (χ2v) is 6.63. The van der Waals surface area contributed by atoms with E-state index in [1.54, 1.807) is 12.1 Å². The van der Waals surface area contributed by atoms with Gasteiger partial charge in [-0.05, 0) is 36.4 Å². The molecule has 3 N–H and O–H groups in total. The SMILES string of the molecule is COc1ccc(/C=N/Nc2ncnc3c(Nc4ccc(OC(F)(F)F)cc4)ncnc23)c(O)c1. The van der Waals surface area contributed by atoms with E-state index in [4.69, 9.17) is 4.74 Å². The first kappa shape index (κ1) is 22.5. The summed E-state index contributed by atoms with van der Waals surface area (Å²) in [6, 6.07) is 9.91. The maximum Gasteiger partial charge on any atom is 0.573 e. The number of methoxy groups -OCH3 is 1. The number of hydrogen-bond donors (Lipinski definition) is 3. The van der Waals surface area contributed by atoms with Crippen LogP contribution in [0.1, 0.15) is 5.56 Å². The summed E-state index contributed by atoms with van der Waals surface area (Å²) in [4.78, 5) is 16.6. The number of halogens is 3. The first-order valence-electron chi connectivity index (χ1n) is 9.57. The molecule has 0 aliphatic rings. The number of phenols is 1. The normalized spacial score (nSPS) is 11.5. The Hall–Kier alpha value is -4.68. The largest absolute Gasteiger partial charge is 0.573 e. The molecular weight excluding hydrogens is 455 g/mol. The summed E-state index contributed by atoms with van der Waals surface area (Å²) >= 11 is 0. The summed E-state index contributed by atoms with van der Waals surface area (Å²) in [5, 5.41) is 17.1. The minimum absolute atomic E-state index is 0.0158. The molecule has 0 amide bonds. The number of benzene rings is 2. The number of aromatic hydroxyl groups is 1. The highest BCUT2D eigenvalue weighted by Crippen LogP contribution is 2.28. The average Bonchev–Trinajstić information content (AvgIpc) is 2.81. The van der Waals surface area contributed by atoms with E-state index in [0.29, 0.717) is 33.9 Å². The fourth-order valence-electron chi connectivity index (χ4n) is 2.85. The minimum atomic E-state index is -4.77. The van der Waals surface area contributed by atoms with Crippen LogP contribution in [0.3, 0.4) is 0 Å². The summed E-state index contributed by atoms with van der Waals surface area (Å²) in [5.74, 6) is 0.715. The molecule has 0 saturated carbocycles. The van der Waals surface area contributed by atoms with Crippen LogP contribution in [0.4, 0.5) is 30.5 Å². The molecule has 0 fully saturated rings. The summed E-state index contributed by atoms with van der Waals surface area (Å²) < 4.78 is 45.9. The van der Waals surface area contributed by atoms with Gasteiger partial charge in [-0.1, -0.05) is 0 Å².